The molecule has 0 saturated heterocycles. The van der Waals surface area contributed by atoms with E-state index in [4.69, 9.17) is 0 Å². The number of benzene rings is 1. The first kappa shape index (κ1) is 17.2. The molecule has 140 valence electrons. The van der Waals surface area contributed by atoms with E-state index in [2.05, 4.69) is 25.9 Å². The number of rotatable bonds is 5. The fourth-order valence-electron chi connectivity index (χ4n) is 3.17. The molecule has 0 atom stereocenters. The molecule has 0 bridgehead atoms. The number of hydrogen-bond donors (Lipinski definition) is 1. The van der Waals surface area contributed by atoms with Crippen LogP contribution >= 0.6 is 0 Å². The third-order valence-corrected chi connectivity index (χ3v) is 4.95. The van der Waals surface area contributed by atoms with E-state index in [-0.39, 0.29) is 12.1 Å². The van der Waals surface area contributed by atoms with Crippen LogP contribution in [0.15, 0.2) is 30.6 Å². The number of aromatic nitrogens is 6. The Kier molecular flexibility index (Phi) is 4.35. The van der Waals surface area contributed by atoms with Crippen molar-refractivity contribution in [2.75, 3.05) is 5.32 Å². The lowest BCUT2D eigenvalue weighted by Gasteiger charge is -2.23. The van der Waals surface area contributed by atoms with Crippen LogP contribution < -0.4 is 5.32 Å². The number of aryl methyl sites for hydroxylation is 2. The van der Waals surface area contributed by atoms with Crippen LogP contribution in [0, 0.1) is 13.8 Å². The number of carbonyl (C=O) groups excluding carboxylic acids is 1. The molecular formula is C18H22N8O. The molecule has 9 heteroatoms. The molecule has 3 aromatic rings. The average molecular weight is 366 g/mol. The van der Waals surface area contributed by atoms with Crippen molar-refractivity contribution in [1.82, 2.24) is 34.9 Å². The Morgan fingerprint density at radius 2 is 2.15 bits per heavy atom. The molecule has 1 fully saturated rings. The highest BCUT2D eigenvalue weighted by Crippen LogP contribution is 2.30. The molecule has 2 aromatic heterocycles. The first-order valence-electron chi connectivity index (χ1n) is 8.93. The van der Waals surface area contributed by atoms with Gasteiger partial charge in [-0.05, 0) is 55.3 Å². The molecule has 2 heterocycles. The van der Waals surface area contributed by atoms with Gasteiger partial charge in [-0.15, -0.1) is 5.10 Å². The molecule has 0 spiro atoms. The number of urea groups is 1. The smallest absolute Gasteiger partial charge is 0.317 e. The lowest BCUT2D eigenvalue weighted by Crippen LogP contribution is -2.36. The number of carbonyl (C=O) groups is 1. The quantitative estimate of drug-likeness (QED) is 0.747. The Bertz CT molecular complexity index is 958. The predicted octanol–water partition coefficient (Wildman–Crippen LogP) is 2.21. The van der Waals surface area contributed by atoms with Crippen molar-refractivity contribution in [1.29, 1.82) is 0 Å². The zero-order chi connectivity index (χ0) is 19.0. The maximum Gasteiger partial charge on any atom is 0.322 e. The van der Waals surface area contributed by atoms with E-state index in [0.717, 1.165) is 35.5 Å². The predicted molar refractivity (Wildman–Crippen MR) is 99.4 cm³/mol. The number of tetrazole rings is 1. The highest BCUT2D eigenvalue weighted by Gasteiger charge is 2.33. The lowest BCUT2D eigenvalue weighted by atomic mass is 10.2. The molecule has 1 aromatic carbocycles. The van der Waals surface area contributed by atoms with E-state index >= 15 is 0 Å². The number of hydrogen-bond acceptors (Lipinski definition) is 5. The van der Waals surface area contributed by atoms with E-state index in [0.29, 0.717) is 12.2 Å². The van der Waals surface area contributed by atoms with Gasteiger partial charge in [0, 0.05) is 30.0 Å². The molecule has 1 aliphatic rings. The van der Waals surface area contributed by atoms with Crippen LogP contribution in [0.4, 0.5) is 10.5 Å². The van der Waals surface area contributed by atoms with Crippen LogP contribution in [0.5, 0.6) is 0 Å². The Morgan fingerprint density at radius 1 is 1.33 bits per heavy atom. The number of amides is 2. The summed E-state index contributed by atoms with van der Waals surface area (Å²) in [5.74, 6) is 0. The largest absolute Gasteiger partial charge is 0.322 e. The molecule has 27 heavy (non-hydrogen) atoms. The van der Waals surface area contributed by atoms with E-state index in [1.807, 2.05) is 54.7 Å². The highest BCUT2D eigenvalue weighted by atomic mass is 16.2. The van der Waals surface area contributed by atoms with Gasteiger partial charge >= 0.3 is 6.03 Å². The van der Waals surface area contributed by atoms with E-state index < -0.39 is 0 Å². The van der Waals surface area contributed by atoms with Crippen molar-refractivity contribution < 1.29 is 4.79 Å². The number of nitrogens with one attached hydrogen (secondary N) is 1. The summed E-state index contributed by atoms with van der Waals surface area (Å²) in [7, 11) is 1.93. The van der Waals surface area contributed by atoms with Gasteiger partial charge in [0.25, 0.3) is 0 Å². The summed E-state index contributed by atoms with van der Waals surface area (Å²) < 4.78 is 3.42. The standard InChI is InChI=1S/C18H22N8O/c1-12-17(13(2)24(3)21-12)10-25(15-7-8-15)18(27)20-14-5-4-6-16(9-14)26-11-19-22-23-26/h4-6,9,11,15H,7-8,10H2,1-3H3,(H,20,27). The van der Waals surface area contributed by atoms with E-state index in [9.17, 15) is 4.79 Å². The summed E-state index contributed by atoms with van der Waals surface area (Å²) in [4.78, 5) is 14.9. The summed E-state index contributed by atoms with van der Waals surface area (Å²) in [5.41, 5.74) is 4.66. The van der Waals surface area contributed by atoms with Crippen LogP contribution in [0.3, 0.4) is 0 Å². The molecule has 1 saturated carbocycles. The van der Waals surface area contributed by atoms with E-state index in [1.165, 1.54) is 6.33 Å². The molecule has 0 aliphatic heterocycles. The van der Waals surface area contributed by atoms with Crippen LogP contribution in [0.1, 0.15) is 29.8 Å². The van der Waals surface area contributed by atoms with Crippen molar-refractivity contribution in [3.8, 4) is 5.69 Å². The van der Waals surface area contributed by atoms with Gasteiger partial charge in [-0.1, -0.05) is 6.07 Å². The minimum absolute atomic E-state index is 0.103. The fourth-order valence-corrected chi connectivity index (χ4v) is 3.17. The normalized spacial score (nSPS) is 13.6. The minimum Gasteiger partial charge on any atom is -0.317 e. The van der Waals surface area contributed by atoms with Gasteiger partial charge in [0.15, 0.2) is 0 Å². The third kappa shape index (κ3) is 3.53. The average Bonchev–Trinajstić information content (AvgIpc) is 3.27. The maximum atomic E-state index is 13.0. The molecule has 4 rings (SSSR count). The first-order valence-corrected chi connectivity index (χ1v) is 8.93. The van der Waals surface area contributed by atoms with Crippen LogP contribution in [-0.4, -0.2) is 47.0 Å². The Balaban J connectivity index is 1.53. The van der Waals surface area contributed by atoms with Crippen molar-refractivity contribution >= 4 is 11.7 Å². The number of nitrogens with zero attached hydrogens (tertiary/aromatic N) is 7. The summed E-state index contributed by atoms with van der Waals surface area (Å²) in [6, 6.07) is 7.63. The summed E-state index contributed by atoms with van der Waals surface area (Å²) >= 11 is 0. The summed E-state index contributed by atoms with van der Waals surface area (Å²) in [6.45, 7) is 4.59. The van der Waals surface area contributed by atoms with E-state index in [1.54, 1.807) is 4.68 Å². The van der Waals surface area contributed by atoms with Crippen molar-refractivity contribution in [2.45, 2.75) is 39.3 Å². The molecule has 0 radical (unpaired) electrons. The second kappa shape index (κ2) is 6.82. The Hall–Kier alpha value is -3.23. The molecule has 1 aliphatic carbocycles. The second-order valence-electron chi connectivity index (χ2n) is 6.87. The third-order valence-electron chi connectivity index (χ3n) is 4.95. The lowest BCUT2D eigenvalue weighted by molar-refractivity contribution is 0.206. The Morgan fingerprint density at radius 3 is 2.78 bits per heavy atom. The fraction of sp³-hybridized carbons (Fsp3) is 0.389. The molecule has 9 nitrogen and oxygen atoms in total. The molecule has 2 amide bonds. The van der Waals surface area contributed by atoms with Crippen molar-refractivity contribution in [2.24, 2.45) is 7.05 Å². The maximum absolute atomic E-state index is 13.0. The van der Waals surface area contributed by atoms with Gasteiger partial charge in [-0.2, -0.15) is 5.10 Å². The number of anilines is 1. The zero-order valence-corrected chi connectivity index (χ0v) is 15.6. The van der Waals surface area contributed by atoms with Gasteiger partial charge in [-0.3, -0.25) is 4.68 Å². The van der Waals surface area contributed by atoms with Gasteiger partial charge in [0.2, 0.25) is 0 Å². The van der Waals surface area contributed by atoms with Crippen molar-refractivity contribution in [3.05, 3.63) is 47.5 Å². The van der Waals surface area contributed by atoms with Crippen LogP contribution in [-0.2, 0) is 13.6 Å². The zero-order valence-electron chi connectivity index (χ0n) is 15.6. The second-order valence-corrected chi connectivity index (χ2v) is 6.87. The van der Waals surface area contributed by atoms with Crippen LogP contribution in [0.2, 0.25) is 0 Å². The molecule has 1 N–H and O–H groups in total. The minimum atomic E-state index is -0.103. The monoisotopic (exact) mass is 366 g/mol. The first-order chi connectivity index (χ1) is 13.0. The van der Waals surface area contributed by atoms with Gasteiger partial charge < -0.3 is 10.2 Å². The summed E-state index contributed by atoms with van der Waals surface area (Å²) in [5, 5.41) is 18.6. The van der Waals surface area contributed by atoms with Crippen LogP contribution in [0.25, 0.3) is 5.69 Å². The SMILES string of the molecule is Cc1nn(C)c(C)c1CN(C(=O)Nc1cccc(-n2cnnn2)c1)C1CC1. The van der Waals surface area contributed by atoms with Gasteiger partial charge in [0.1, 0.15) is 6.33 Å². The Labute approximate surface area is 157 Å². The highest BCUT2D eigenvalue weighted by molar-refractivity contribution is 5.90. The summed E-state index contributed by atoms with van der Waals surface area (Å²) in [6.07, 6.45) is 3.60. The molecular weight excluding hydrogens is 344 g/mol. The topological polar surface area (TPSA) is 93.8 Å². The van der Waals surface area contributed by atoms with Gasteiger partial charge in [-0.25, -0.2) is 9.48 Å². The molecule has 0 unspecified atom stereocenters. The van der Waals surface area contributed by atoms with Crippen molar-refractivity contribution in [3.63, 3.8) is 0 Å². The van der Waals surface area contributed by atoms with Gasteiger partial charge in [0.05, 0.1) is 17.9 Å².